The van der Waals surface area contributed by atoms with Gasteiger partial charge in [-0.1, -0.05) is 47.5 Å². The second kappa shape index (κ2) is 10.1. The van der Waals surface area contributed by atoms with E-state index in [4.69, 9.17) is 34.8 Å². The molecule has 0 aliphatic carbocycles. The van der Waals surface area contributed by atoms with E-state index in [0.29, 0.717) is 20.6 Å². The zero-order valence-corrected chi connectivity index (χ0v) is 17.7. The zero-order valence-electron chi connectivity index (χ0n) is 14.6. The van der Waals surface area contributed by atoms with Crippen LogP contribution in [0.1, 0.15) is 24.6 Å². The number of piperidine rings is 1. The summed E-state index contributed by atoms with van der Waals surface area (Å²) in [5.74, 6) is 0. The Bertz CT molecular complexity index is 646. The molecular weight excluding hydrogens is 397 g/mol. The monoisotopic (exact) mass is 419 g/mol. The Morgan fingerprint density at radius 3 is 2.68 bits per heavy atom. The van der Waals surface area contributed by atoms with Gasteiger partial charge in [-0.3, -0.25) is 9.80 Å². The molecule has 0 atom stereocenters. The third kappa shape index (κ3) is 6.70. The number of likely N-dealkylation sites (N-methyl/N-ethyl adjacent to an activating group) is 1. The average molecular weight is 421 g/mol. The second-order valence-electron chi connectivity index (χ2n) is 6.27. The molecule has 138 valence electrons. The van der Waals surface area contributed by atoms with E-state index in [-0.39, 0.29) is 0 Å². The minimum Gasteiger partial charge on any atom is -0.299 e. The van der Waals surface area contributed by atoms with Gasteiger partial charge in [-0.2, -0.15) is 0 Å². The largest absolute Gasteiger partial charge is 0.299 e. The number of aromatic nitrogens is 1. The molecule has 0 N–H and O–H groups in total. The Balaban J connectivity index is 1.79. The first-order chi connectivity index (χ1) is 11.9. The maximum atomic E-state index is 6.29. The first-order valence-corrected chi connectivity index (χ1v) is 10.2. The lowest BCUT2D eigenvalue weighted by molar-refractivity contribution is 0.131. The van der Waals surface area contributed by atoms with Gasteiger partial charge in [-0.25, -0.2) is 4.98 Å². The highest BCUT2D eigenvalue weighted by atomic mass is 35.5. The number of hydrogen-bond acceptors (Lipinski definition) is 4. The topological polar surface area (TPSA) is 19.4 Å². The van der Waals surface area contributed by atoms with Crippen LogP contribution in [0, 0.1) is 0 Å². The molecule has 25 heavy (non-hydrogen) atoms. The molecule has 1 aromatic heterocycles. The summed E-state index contributed by atoms with van der Waals surface area (Å²) in [6, 6.07) is 0.541. The molecular formula is C18H24Cl3N3S. The fraction of sp³-hybridized carbons (Fsp3) is 0.500. The van der Waals surface area contributed by atoms with Crippen molar-refractivity contribution in [3.63, 3.8) is 0 Å². The van der Waals surface area contributed by atoms with E-state index in [9.17, 15) is 0 Å². The first kappa shape index (κ1) is 20.9. The minimum atomic E-state index is 0.541. The van der Waals surface area contributed by atoms with E-state index >= 15 is 0 Å². The predicted octanol–water partition coefficient (Wildman–Crippen LogP) is 5.51. The van der Waals surface area contributed by atoms with Gasteiger partial charge in [-0.15, -0.1) is 11.3 Å². The summed E-state index contributed by atoms with van der Waals surface area (Å²) in [5.41, 5.74) is 0.894. The maximum Gasteiger partial charge on any atom is 0.183 e. The lowest BCUT2D eigenvalue weighted by Gasteiger charge is -2.36. The summed E-state index contributed by atoms with van der Waals surface area (Å²) in [6.07, 6.45) is 7.70. The van der Waals surface area contributed by atoms with Crippen molar-refractivity contribution in [2.45, 2.75) is 32.4 Å². The van der Waals surface area contributed by atoms with Gasteiger partial charge in [-0.05, 0) is 38.5 Å². The summed E-state index contributed by atoms with van der Waals surface area (Å²) in [5, 5.41) is 1.25. The minimum absolute atomic E-state index is 0.541. The van der Waals surface area contributed by atoms with Crippen LogP contribution in [-0.2, 0) is 6.54 Å². The van der Waals surface area contributed by atoms with Crippen molar-refractivity contribution in [1.29, 1.82) is 0 Å². The van der Waals surface area contributed by atoms with Gasteiger partial charge in [0.2, 0.25) is 0 Å². The Hall–Kier alpha value is -0.360. The lowest BCUT2D eigenvalue weighted by atomic mass is 10.0. The van der Waals surface area contributed by atoms with Gasteiger partial charge >= 0.3 is 0 Å². The number of hydrogen-bond donors (Lipinski definition) is 0. The van der Waals surface area contributed by atoms with Gasteiger partial charge in [0.25, 0.3) is 0 Å². The van der Waals surface area contributed by atoms with Gasteiger partial charge < -0.3 is 0 Å². The quantitative estimate of drug-likeness (QED) is 0.542. The van der Waals surface area contributed by atoms with Crippen molar-refractivity contribution in [2.75, 3.05) is 26.7 Å². The Morgan fingerprint density at radius 1 is 1.44 bits per heavy atom. The number of allylic oxidation sites excluding steroid dienone is 3. The third-order valence-corrected chi connectivity index (χ3v) is 6.21. The van der Waals surface area contributed by atoms with Crippen molar-refractivity contribution in [1.82, 2.24) is 14.8 Å². The summed E-state index contributed by atoms with van der Waals surface area (Å²) in [7, 11) is 2.13. The zero-order chi connectivity index (χ0) is 18.4. The van der Waals surface area contributed by atoms with Crippen LogP contribution in [0.5, 0.6) is 0 Å². The molecule has 0 unspecified atom stereocenters. The first-order valence-electron chi connectivity index (χ1n) is 8.29. The molecule has 1 fully saturated rings. The van der Waals surface area contributed by atoms with Gasteiger partial charge in [0.1, 0.15) is 0 Å². The predicted molar refractivity (Wildman–Crippen MR) is 111 cm³/mol. The van der Waals surface area contributed by atoms with Crippen molar-refractivity contribution in [3.8, 4) is 0 Å². The molecule has 0 bridgehead atoms. The Labute approximate surface area is 169 Å². The highest BCUT2D eigenvalue weighted by molar-refractivity contribution is 7.15. The van der Waals surface area contributed by atoms with Crippen molar-refractivity contribution in [3.05, 3.63) is 49.9 Å². The fourth-order valence-corrected chi connectivity index (χ4v) is 4.27. The van der Waals surface area contributed by atoms with Crippen molar-refractivity contribution < 1.29 is 0 Å². The van der Waals surface area contributed by atoms with Crippen LogP contribution in [0.4, 0.5) is 0 Å². The molecule has 0 radical (unpaired) electrons. The summed E-state index contributed by atoms with van der Waals surface area (Å²) >= 11 is 19.8. The molecule has 3 nitrogen and oxygen atoms in total. The van der Waals surface area contributed by atoms with Crippen LogP contribution in [0.15, 0.2) is 40.6 Å². The Morgan fingerprint density at radius 2 is 2.12 bits per heavy atom. The second-order valence-corrected chi connectivity index (χ2v) is 8.81. The third-order valence-electron chi connectivity index (χ3n) is 4.40. The molecule has 0 aromatic carbocycles. The smallest absolute Gasteiger partial charge is 0.183 e. The Kier molecular flexibility index (Phi) is 8.46. The maximum absolute atomic E-state index is 6.29. The molecule has 2 rings (SSSR count). The molecule has 2 heterocycles. The van der Waals surface area contributed by atoms with Crippen LogP contribution in [0.3, 0.4) is 0 Å². The standard InChI is InChI=1S/C18H24Cl3N3S/c1-4-14(19)9-17(20)13(2)11-23(3)15-5-7-24(8-6-15)12-16-10-22-18(21)25-16/h4,9-10,15H,2,5-8,11-12H2,1,3H3/b14-4+,17-9+. The van der Waals surface area contributed by atoms with Gasteiger partial charge in [0.05, 0.1) is 0 Å². The molecule has 7 heteroatoms. The van der Waals surface area contributed by atoms with Crippen molar-refractivity contribution >= 4 is 46.1 Å². The summed E-state index contributed by atoms with van der Waals surface area (Å²) in [4.78, 5) is 10.1. The van der Waals surface area contributed by atoms with E-state index in [1.807, 2.05) is 19.2 Å². The van der Waals surface area contributed by atoms with Crippen LogP contribution >= 0.6 is 46.1 Å². The molecule has 0 spiro atoms. The highest BCUT2D eigenvalue weighted by Crippen LogP contribution is 2.24. The van der Waals surface area contributed by atoms with E-state index < -0.39 is 0 Å². The number of halogens is 3. The molecule has 1 saturated heterocycles. The number of rotatable bonds is 7. The van der Waals surface area contributed by atoms with Crippen LogP contribution in [0.2, 0.25) is 4.47 Å². The normalized spacial score (nSPS) is 18.2. The lowest BCUT2D eigenvalue weighted by Crippen LogP contribution is -2.43. The molecule has 1 aliphatic rings. The number of thiazole rings is 1. The SMILES string of the molecule is C=C(CN(C)C1CCN(Cc2cnc(Cl)s2)CC1)/C(Cl)=C\C(Cl)=C/C. The van der Waals surface area contributed by atoms with E-state index in [0.717, 1.165) is 44.6 Å². The molecule has 1 aliphatic heterocycles. The fourth-order valence-electron chi connectivity index (χ4n) is 2.91. The van der Waals surface area contributed by atoms with E-state index in [1.165, 1.54) is 4.88 Å². The van der Waals surface area contributed by atoms with Gasteiger partial charge in [0.15, 0.2) is 4.47 Å². The molecule has 1 aromatic rings. The van der Waals surface area contributed by atoms with Crippen LogP contribution in [0.25, 0.3) is 0 Å². The van der Waals surface area contributed by atoms with Crippen LogP contribution < -0.4 is 0 Å². The van der Waals surface area contributed by atoms with Gasteiger partial charge in [0, 0.05) is 53.4 Å². The number of nitrogens with zero attached hydrogens (tertiary/aromatic N) is 3. The van der Waals surface area contributed by atoms with Crippen LogP contribution in [-0.4, -0.2) is 47.5 Å². The van der Waals surface area contributed by atoms with E-state index in [2.05, 4.69) is 28.4 Å². The number of likely N-dealkylation sites (tertiary alicyclic amines) is 1. The summed E-state index contributed by atoms with van der Waals surface area (Å²) in [6.45, 7) is 9.81. The molecule has 0 amide bonds. The van der Waals surface area contributed by atoms with E-state index in [1.54, 1.807) is 17.4 Å². The molecule has 0 saturated carbocycles. The van der Waals surface area contributed by atoms with Crippen molar-refractivity contribution in [2.24, 2.45) is 0 Å². The average Bonchev–Trinajstić information content (AvgIpc) is 3.00. The summed E-state index contributed by atoms with van der Waals surface area (Å²) < 4.78 is 0.617. The highest BCUT2D eigenvalue weighted by Gasteiger charge is 2.23.